The van der Waals surface area contributed by atoms with Gasteiger partial charge in [-0.15, -0.1) is 0 Å². The predicted octanol–water partition coefficient (Wildman–Crippen LogP) is 1.54. The van der Waals surface area contributed by atoms with Crippen LogP contribution in [0.2, 0.25) is 0 Å². The molecule has 0 saturated heterocycles. The van der Waals surface area contributed by atoms with Crippen LogP contribution in [-0.2, 0) is 4.79 Å². The van der Waals surface area contributed by atoms with Gasteiger partial charge in [-0.25, -0.2) is 0 Å². The lowest BCUT2D eigenvalue weighted by Gasteiger charge is -2.01. The molecule has 0 radical (unpaired) electrons. The van der Waals surface area contributed by atoms with E-state index in [1.165, 1.54) is 12.3 Å². The van der Waals surface area contributed by atoms with Crippen LogP contribution >= 0.6 is 15.9 Å². The number of pyridine rings is 1. The molecule has 1 rings (SSSR count). The maximum atomic E-state index is 10.5. The zero-order valence-electron chi connectivity index (χ0n) is 6.44. The molecule has 1 unspecified atom stereocenters. The summed E-state index contributed by atoms with van der Waals surface area (Å²) in [6.07, 6.45) is 1.46. The van der Waals surface area contributed by atoms with Gasteiger partial charge in [0.1, 0.15) is 0 Å². The van der Waals surface area contributed by atoms with E-state index in [2.05, 4.69) is 20.9 Å². The zero-order valence-corrected chi connectivity index (χ0v) is 8.02. The van der Waals surface area contributed by atoms with Gasteiger partial charge >= 0.3 is 5.97 Å². The summed E-state index contributed by atoms with van der Waals surface area (Å²) in [5, 5.41) is 17.2. The van der Waals surface area contributed by atoms with E-state index >= 15 is 0 Å². The minimum atomic E-state index is -1.19. The molecule has 0 aliphatic rings. The van der Waals surface area contributed by atoms with Crippen molar-refractivity contribution in [1.82, 2.24) is 4.98 Å². The minimum Gasteiger partial charge on any atom is -0.480 e. The normalized spacial score (nSPS) is 11.7. The first kappa shape index (κ1) is 9.68. The SMILES string of the molecule is N#CC(C(=O)O)c1ccc(Br)cn1. The highest BCUT2D eigenvalue weighted by Gasteiger charge is 2.19. The van der Waals surface area contributed by atoms with Crippen LogP contribution in [0.1, 0.15) is 11.6 Å². The first-order chi connectivity index (χ1) is 6.15. The Kier molecular flexibility index (Phi) is 2.98. The van der Waals surface area contributed by atoms with Gasteiger partial charge < -0.3 is 5.11 Å². The molecule has 4 nitrogen and oxygen atoms in total. The van der Waals surface area contributed by atoms with Crippen molar-refractivity contribution in [1.29, 1.82) is 5.26 Å². The Morgan fingerprint density at radius 2 is 2.38 bits per heavy atom. The number of aromatic nitrogens is 1. The van der Waals surface area contributed by atoms with E-state index in [-0.39, 0.29) is 5.69 Å². The van der Waals surface area contributed by atoms with Crippen molar-refractivity contribution in [3.05, 3.63) is 28.5 Å². The summed E-state index contributed by atoms with van der Waals surface area (Å²) in [4.78, 5) is 14.4. The third kappa shape index (κ3) is 2.26. The van der Waals surface area contributed by atoms with Crippen LogP contribution in [0.5, 0.6) is 0 Å². The number of hydrogen-bond donors (Lipinski definition) is 1. The molecule has 0 spiro atoms. The van der Waals surface area contributed by atoms with Crippen LogP contribution in [0.3, 0.4) is 0 Å². The first-order valence-corrected chi connectivity index (χ1v) is 4.18. The van der Waals surface area contributed by atoms with Gasteiger partial charge in [0, 0.05) is 10.7 Å². The minimum absolute atomic E-state index is 0.248. The van der Waals surface area contributed by atoms with Crippen LogP contribution < -0.4 is 0 Å². The predicted molar refractivity (Wildman–Crippen MR) is 47.9 cm³/mol. The Balaban J connectivity index is 3.01. The molecular formula is C8H5BrN2O2. The molecule has 0 amide bonds. The Morgan fingerprint density at radius 3 is 2.77 bits per heavy atom. The molecule has 0 aromatic carbocycles. The van der Waals surface area contributed by atoms with Gasteiger partial charge in [0.15, 0.2) is 5.92 Å². The molecule has 1 heterocycles. The highest BCUT2D eigenvalue weighted by molar-refractivity contribution is 9.10. The van der Waals surface area contributed by atoms with E-state index in [1.54, 1.807) is 12.1 Å². The fourth-order valence-electron chi connectivity index (χ4n) is 0.806. The van der Waals surface area contributed by atoms with Gasteiger partial charge in [0.2, 0.25) is 0 Å². The number of carboxylic acids is 1. The maximum absolute atomic E-state index is 10.5. The molecular weight excluding hydrogens is 236 g/mol. The maximum Gasteiger partial charge on any atom is 0.327 e. The van der Waals surface area contributed by atoms with Crippen LogP contribution in [-0.4, -0.2) is 16.1 Å². The van der Waals surface area contributed by atoms with E-state index in [9.17, 15) is 4.79 Å². The second-order valence-corrected chi connectivity index (χ2v) is 3.22. The Labute approximate surface area is 83.0 Å². The Bertz CT molecular complexity index is 355. The number of carbonyl (C=O) groups is 1. The summed E-state index contributed by atoms with van der Waals surface area (Å²) in [6.45, 7) is 0. The lowest BCUT2D eigenvalue weighted by Crippen LogP contribution is -2.10. The molecule has 1 N–H and O–H groups in total. The molecule has 1 aromatic heterocycles. The van der Waals surface area contributed by atoms with Crippen molar-refractivity contribution < 1.29 is 9.90 Å². The molecule has 0 aliphatic heterocycles. The average Bonchev–Trinajstić information content (AvgIpc) is 2.09. The highest BCUT2D eigenvalue weighted by atomic mass is 79.9. The summed E-state index contributed by atoms with van der Waals surface area (Å²) in [6, 6.07) is 4.81. The smallest absolute Gasteiger partial charge is 0.327 e. The van der Waals surface area contributed by atoms with Crippen LogP contribution in [0.15, 0.2) is 22.8 Å². The third-order valence-corrected chi connectivity index (χ3v) is 1.89. The van der Waals surface area contributed by atoms with Crippen LogP contribution in [0.25, 0.3) is 0 Å². The number of rotatable bonds is 2. The topological polar surface area (TPSA) is 74.0 Å². The van der Waals surface area contributed by atoms with Crippen molar-refractivity contribution in [2.45, 2.75) is 5.92 Å². The van der Waals surface area contributed by atoms with E-state index in [4.69, 9.17) is 10.4 Å². The highest BCUT2D eigenvalue weighted by Crippen LogP contribution is 2.15. The Hall–Kier alpha value is -1.41. The molecule has 0 fully saturated rings. The second kappa shape index (κ2) is 4.01. The lowest BCUT2D eigenvalue weighted by atomic mass is 10.1. The molecule has 5 heteroatoms. The number of carboxylic acid groups (broad SMARTS) is 1. The van der Waals surface area contributed by atoms with Crippen molar-refractivity contribution in [3.63, 3.8) is 0 Å². The number of nitrogens with zero attached hydrogens (tertiary/aromatic N) is 2. The molecule has 66 valence electrons. The zero-order chi connectivity index (χ0) is 9.84. The van der Waals surface area contributed by atoms with Crippen molar-refractivity contribution >= 4 is 21.9 Å². The molecule has 0 saturated carbocycles. The van der Waals surface area contributed by atoms with Gasteiger partial charge in [-0.3, -0.25) is 9.78 Å². The summed E-state index contributed by atoms with van der Waals surface area (Å²) < 4.78 is 0.748. The lowest BCUT2D eigenvalue weighted by molar-refractivity contribution is -0.137. The van der Waals surface area contributed by atoms with E-state index in [0.29, 0.717) is 0 Å². The summed E-state index contributed by atoms with van der Waals surface area (Å²) in [7, 11) is 0. The monoisotopic (exact) mass is 240 g/mol. The second-order valence-electron chi connectivity index (χ2n) is 2.30. The van der Waals surface area contributed by atoms with Gasteiger partial charge in [-0.05, 0) is 28.1 Å². The molecule has 0 aliphatic carbocycles. The largest absolute Gasteiger partial charge is 0.480 e. The fourth-order valence-corrected chi connectivity index (χ4v) is 1.04. The molecule has 1 atom stereocenters. The van der Waals surface area contributed by atoms with Gasteiger partial charge in [0.05, 0.1) is 11.8 Å². The number of aliphatic carboxylic acids is 1. The average molecular weight is 241 g/mol. The molecule has 13 heavy (non-hydrogen) atoms. The quantitative estimate of drug-likeness (QED) is 0.851. The van der Waals surface area contributed by atoms with Gasteiger partial charge in [-0.1, -0.05) is 0 Å². The molecule has 1 aromatic rings. The number of hydrogen-bond acceptors (Lipinski definition) is 3. The first-order valence-electron chi connectivity index (χ1n) is 3.39. The summed E-state index contributed by atoms with van der Waals surface area (Å²) >= 11 is 3.16. The Morgan fingerprint density at radius 1 is 1.69 bits per heavy atom. The van der Waals surface area contributed by atoms with Crippen molar-refractivity contribution in [2.24, 2.45) is 0 Å². The standard InChI is InChI=1S/C8H5BrN2O2/c9-5-1-2-7(11-4-5)6(3-10)8(12)13/h1-2,4,6H,(H,12,13). The van der Waals surface area contributed by atoms with Crippen LogP contribution in [0, 0.1) is 11.3 Å². The van der Waals surface area contributed by atoms with Gasteiger partial charge in [-0.2, -0.15) is 5.26 Å². The van der Waals surface area contributed by atoms with Crippen LogP contribution in [0.4, 0.5) is 0 Å². The van der Waals surface area contributed by atoms with E-state index < -0.39 is 11.9 Å². The van der Waals surface area contributed by atoms with Crippen molar-refractivity contribution in [3.8, 4) is 6.07 Å². The van der Waals surface area contributed by atoms with E-state index in [1.807, 2.05) is 0 Å². The number of halogens is 1. The van der Waals surface area contributed by atoms with Crippen molar-refractivity contribution in [2.75, 3.05) is 0 Å². The third-order valence-electron chi connectivity index (χ3n) is 1.42. The summed E-state index contributed by atoms with van der Waals surface area (Å²) in [5.74, 6) is -2.37. The fraction of sp³-hybridized carbons (Fsp3) is 0.125. The van der Waals surface area contributed by atoms with E-state index in [0.717, 1.165) is 4.47 Å². The summed E-state index contributed by atoms with van der Waals surface area (Å²) in [5.41, 5.74) is 0.248. The van der Waals surface area contributed by atoms with Gasteiger partial charge in [0.25, 0.3) is 0 Å². The molecule has 0 bridgehead atoms. The number of nitriles is 1.